The monoisotopic (exact) mass is 199 g/mol. The second kappa shape index (κ2) is 5.37. The molecule has 0 fully saturated rings. The van der Waals surface area contributed by atoms with Crippen LogP contribution in [0.25, 0.3) is 0 Å². The zero-order valence-corrected chi connectivity index (χ0v) is 7.71. The van der Waals surface area contributed by atoms with E-state index in [1.54, 1.807) is 18.2 Å². The Morgan fingerprint density at radius 1 is 1.69 bits per heavy atom. The highest BCUT2D eigenvalue weighted by molar-refractivity contribution is 6.18. The Morgan fingerprint density at radius 3 is 3.15 bits per heavy atom. The number of halogens is 1. The summed E-state index contributed by atoms with van der Waals surface area (Å²) in [5.41, 5.74) is 0.458. The molecule has 0 saturated carbocycles. The largest absolute Gasteiger partial charge is 0.347 e. The first-order chi connectivity index (χ1) is 6.34. The minimum Gasteiger partial charge on any atom is -0.347 e. The average Bonchev–Trinajstić information content (AvgIpc) is 2.65. The zero-order valence-electron chi connectivity index (χ0n) is 6.96. The van der Waals surface area contributed by atoms with Gasteiger partial charge in [0.2, 0.25) is 0 Å². The number of nitrogens with one attached hydrogen (secondary N) is 2. The van der Waals surface area contributed by atoms with E-state index in [1.807, 2.05) is 0 Å². The fourth-order valence-electron chi connectivity index (χ4n) is 0.776. The number of carbonyl (C=O) groups is 1. The lowest BCUT2D eigenvalue weighted by atomic mass is 10.4. The molecule has 0 aromatic carbocycles. The summed E-state index contributed by atoms with van der Waals surface area (Å²) < 4.78 is 0. The fraction of sp³-hybridized carbons (Fsp3) is 0.250. The highest BCUT2D eigenvalue weighted by Crippen LogP contribution is 1.89. The van der Waals surface area contributed by atoms with Gasteiger partial charge in [0, 0.05) is 18.6 Å². The van der Waals surface area contributed by atoms with Crippen LogP contribution in [0.15, 0.2) is 24.4 Å². The molecule has 70 valence electrons. The molecule has 0 atom stereocenters. The molecule has 5 heteroatoms. The number of H-pyrrole nitrogens is 1. The highest BCUT2D eigenvalue weighted by Gasteiger charge is 2.03. The molecule has 1 aromatic rings. The number of nitrogens with zero attached hydrogens (tertiary/aromatic N) is 1. The van der Waals surface area contributed by atoms with Crippen molar-refractivity contribution in [2.75, 3.05) is 12.4 Å². The summed E-state index contributed by atoms with van der Waals surface area (Å²) in [6, 6.07) is 1.61. The number of carbonyl (C=O) groups excluding carboxylic acids is 1. The number of aromatic nitrogens is 2. The smallest absolute Gasteiger partial charge is 0.269 e. The molecule has 1 aromatic heterocycles. The summed E-state index contributed by atoms with van der Waals surface area (Å²) in [6.07, 6.45) is 5.10. The summed E-state index contributed by atoms with van der Waals surface area (Å²) in [7, 11) is 0. The van der Waals surface area contributed by atoms with E-state index in [1.165, 1.54) is 6.20 Å². The van der Waals surface area contributed by atoms with Crippen molar-refractivity contribution < 1.29 is 4.79 Å². The average molecular weight is 200 g/mol. The Labute approximate surface area is 81.0 Å². The fourth-order valence-corrected chi connectivity index (χ4v) is 0.902. The maximum Gasteiger partial charge on any atom is 0.269 e. The van der Waals surface area contributed by atoms with E-state index >= 15 is 0 Å². The van der Waals surface area contributed by atoms with Crippen LogP contribution in [-0.4, -0.2) is 28.5 Å². The standard InChI is InChI=1S/C8H10ClN3O/c9-4-1-2-5-10-8(13)7-3-6-11-12-7/h1-3,6H,4-5H2,(H,10,13)(H,11,12)/b2-1+. The highest BCUT2D eigenvalue weighted by atomic mass is 35.5. The molecule has 0 aliphatic carbocycles. The second-order valence-electron chi connectivity index (χ2n) is 2.31. The van der Waals surface area contributed by atoms with Crippen LogP contribution in [-0.2, 0) is 0 Å². The lowest BCUT2D eigenvalue weighted by Gasteiger charge is -1.97. The van der Waals surface area contributed by atoms with E-state index in [-0.39, 0.29) is 5.91 Å². The van der Waals surface area contributed by atoms with E-state index in [2.05, 4.69) is 15.5 Å². The minimum atomic E-state index is -0.170. The molecule has 13 heavy (non-hydrogen) atoms. The number of hydrogen-bond acceptors (Lipinski definition) is 2. The molecular weight excluding hydrogens is 190 g/mol. The van der Waals surface area contributed by atoms with Crippen LogP contribution < -0.4 is 5.32 Å². The van der Waals surface area contributed by atoms with Crippen molar-refractivity contribution in [2.24, 2.45) is 0 Å². The maximum absolute atomic E-state index is 11.2. The zero-order chi connectivity index (χ0) is 9.52. The molecule has 0 spiro atoms. The van der Waals surface area contributed by atoms with Crippen LogP contribution in [0.5, 0.6) is 0 Å². The van der Waals surface area contributed by atoms with Crippen LogP contribution >= 0.6 is 11.6 Å². The van der Waals surface area contributed by atoms with Gasteiger partial charge in [0.15, 0.2) is 0 Å². The molecule has 0 radical (unpaired) electrons. The predicted molar refractivity (Wildman–Crippen MR) is 50.8 cm³/mol. The van der Waals surface area contributed by atoms with Gasteiger partial charge in [-0.25, -0.2) is 0 Å². The number of allylic oxidation sites excluding steroid dienone is 1. The van der Waals surface area contributed by atoms with Crippen molar-refractivity contribution in [3.05, 3.63) is 30.1 Å². The lowest BCUT2D eigenvalue weighted by molar-refractivity contribution is 0.0953. The van der Waals surface area contributed by atoms with Crippen molar-refractivity contribution in [1.82, 2.24) is 15.5 Å². The van der Waals surface area contributed by atoms with Gasteiger partial charge in [-0.1, -0.05) is 12.2 Å². The van der Waals surface area contributed by atoms with Gasteiger partial charge >= 0.3 is 0 Å². The molecule has 2 N–H and O–H groups in total. The lowest BCUT2D eigenvalue weighted by Crippen LogP contribution is -2.23. The van der Waals surface area contributed by atoms with E-state index < -0.39 is 0 Å². The molecule has 1 amide bonds. The van der Waals surface area contributed by atoms with Gasteiger partial charge in [-0.15, -0.1) is 11.6 Å². The first-order valence-electron chi connectivity index (χ1n) is 3.83. The van der Waals surface area contributed by atoms with E-state index in [0.717, 1.165) is 0 Å². The molecule has 0 bridgehead atoms. The summed E-state index contributed by atoms with van der Waals surface area (Å²) in [6.45, 7) is 0.477. The van der Waals surface area contributed by atoms with Gasteiger partial charge < -0.3 is 5.32 Å². The summed E-state index contributed by atoms with van der Waals surface area (Å²) in [5.74, 6) is 0.289. The first kappa shape index (κ1) is 9.80. The molecule has 0 aliphatic rings. The topological polar surface area (TPSA) is 57.8 Å². The van der Waals surface area contributed by atoms with Gasteiger partial charge in [-0.3, -0.25) is 9.89 Å². The first-order valence-corrected chi connectivity index (χ1v) is 4.36. The van der Waals surface area contributed by atoms with Crippen molar-refractivity contribution in [2.45, 2.75) is 0 Å². The van der Waals surface area contributed by atoms with E-state index in [0.29, 0.717) is 18.1 Å². The number of aromatic amines is 1. The Bertz CT molecular complexity index is 282. The molecule has 4 nitrogen and oxygen atoms in total. The van der Waals surface area contributed by atoms with Crippen LogP contribution in [0.4, 0.5) is 0 Å². The van der Waals surface area contributed by atoms with Gasteiger partial charge in [0.05, 0.1) is 0 Å². The maximum atomic E-state index is 11.2. The Morgan fingerprint density at radius 2 is 2.54 bits per heavy atom. The van der Waals surface area contributed by atoms with Gasteiger partial charge in [0.25, 0.3) is 5.91 Å². The third-order valence-electron chi connectivity index (χ3n) is 1.38. The van der Waals surface area contributed by atoms with Crippen molar-refractivity contribution in [1.29, 1.82) is 0 Å². The summed E-state index contributed by atoms with van der Waals surface area (Å²) >= 11 is 5.40. The number of hydrogen-bond donors (Lipinski definition) is 2. The molecule has 0 unspecified atom stereocenters. The number of amides is 1. The Balaban J connectivity index is 2.31. The third-order valence-corrected chi connectivity index (χ3v) is 1.56. The minimum absolute atomic E-state index is 0.170. The molecule has 0 aliphatic heterocycles. The van der Waals surface area contributed by atoms with Crippen LogP contribution in [0.3, 0.4) is 0 Å². The van der Waals surface area contributed by atoms with Crippen LogP contribution in [0.1, 0.15) is 10.5 Å². The Kier molecular flexibility index (Phi) is 4.05. The Hall–Kier alpha value is -1.29. The number of alkyl halides is 1. The number of rotatable bonds is 4. The third kappa shape index (κ3) is 3.29. The quantitative estimate of drug-likeness (QED) is 0.560. The van der Waals surface area contributed by atoms with Crippen molar-refractivity contribution >= 4 is 17.5 Å². The second-order valence-corrected chi connectivity index (χ2v) is 2.61. The van der Waals surface area contributed by atoms with E-state index in [9.17, 15) is 4.79 Å². The SMILES string of the molecule is O=C(NC/C=C/CCl)c1ccn[nH]1. The summed E-state index contributed by atoms with van der Waals surface area (Å²) in [4.78, 5) is 11.2. The molecule has 1 rings (SSSR count). The van der Waals surface area contributed by atoms with Gasteiger partial charge in [0.1, 0.15) is 5.69 Å². The van der Waals surface area contributed by atoms with Gasteiger partial charge in [-0.2, -0.15) is 5.10 Å². The molecule has 1 heterocycles. The van der Waals surface area contributed by atoms with Crippen molar-refractivity contribution in [3.8, 4) is 0 Å². The molecule has 0 saturated heterocycles. The van der Waals surface area contributed by atoms with Crippen LogP contribution in [0.2, 0.25) is 0 Å². The van der Waals surface area contributed by atoms with Crippen LogP contribution in [0, 0.1) is 0 Å². The van der Waals surface area contributed by atoms with Gasteiger partial charge in [-0.05, 0) is 6.07 Å². The van der Waals surface area contributed by atoms with E-state index in [4.69, 9.17) is 11.6 Å². The van der Waals surface area contributed by atoms with Crippen molar-refractivity contribution in [3.63, 3.8) is 0 Å². The molecular formula is C8H10ClN3O. The normalized spacial score (nSPS) is 10.5. The predicted octanol–water partition coefficient (Wildman–Crippen LogP) is 0.934. The summed E-state index contributed by atoms with van der Waals surface area (Å²) in [5, 5.41) is 8.89.